The Balaban J connectivity index is 1.44. The maximum atomic E-state index is 12.7. The average molecular weight is 391 g/mol. The fraction of sp³-hybridized carbons (Fsp3) is 0.364. The Kier molecular flexibility index (Phi) is 5.84. The van der Waals surface area contributed by atoms with Crippen LogP contribution in [0.2, 0.25) is 0 Å². The quantitative estimate of drug-likeness (QED) is 0.654. The number of imidazole rings is 1. The summed E-state index contributed by atoms with van der Waals surface area (Å²) in [6, 6.07) is 9.91. The highest BCUT2D eigenvalue weighted by atomic mass is 16.5. The second-order valence-corrected chi connectivity index (χ2v) is 7.21. The van der Waals surface area contributed by atoms with Crippen LogP contribution in [0, 0.1) is 5.92 Å². The van der Waals surface area contributed by atoms with Crippen LogP contribution in [0.1, 0.15) is 24.1 Å². The van der Waals surface area contributed by atoms with Crippen LogP contribution in [0.5, 0.6) is 5.88 Å². The minimum atomic E-state index is -0.0307. The van der Waals surface area contributed by atoms with Crippen LogP contribution in [0.25, 0.3) is 11.4 Å². The lowest BCUT2D eigenvalue weighted by atomic mass is 9.99. The predicted molar refractivity (Wildman–Crippen MR) is 109 cm³/mol. The van der Waals surface area contributed by atoms with E-state index in [2.05, 4.69) is 15.3 Å². The predicted octanol–water partition coefficient (Wildman–Crippen LogP) is 2.66. The smallest absolute Gasteiger partial charge is 0.223 e. The summed E-state index contributed by atoms with van der Waals surface area (Å²) in [6.45, 7) is 1.32. The van der Waals surface area contributed by atoms with Gasteiger partial charge in [0.1, 0.15) is 0 Å². The molecule has 1 aliphatic carbocycles. The molecule has 150 valence electrons. The fourth-order valence-corrected chi connectivity index (χ4v) is 3.76. The van der Waals surface area contributed by atoms with Crippen molar-refractivity contribution in [1.29, 1.82) is 0 Å². The average Bonchev–Trinajstić information content (AvgIpc) is 3.18. The highest BCUT2D eigenvalue weighted by Gasteiger charge is 2.26. The Morgan fingerprint density at radius 1 is 1.21 bits per heavy atom. The van der Waals surface area contributed by atoms with Crippen molar-refractivity contribution in [2.75, 3.05) is 13.7 Å². The first-order valence-electron chi connectivity index (χ1n) is 9.97. The molecule has 0 radical (unpaired) electrons. The van der Waals surface area contributed by atoms with Crippen molar-refractivity contribution in [2.45, 2.75) is 32.2 Å². The number of rotatable bonds is 6. The van der Waals surface area contributed by atoms with E-state index >= 15 is 0 Å². The highest BCUT2D eigenvalue weighted by molar-refractivity contribution is 5.78. The van der Waals surface area contributed by atoms with Crippen LogP contribution in [-0.4, -0.2) is 39.1 Å². The van der Waals surface area contributed by atoms with Crippen molar-refractivity contribution in [3.8, 4) is 17.3 Å². The third-order valence-corrected chi connectivity index (χ3v) is 5.35. The van der Waals surface area contributed by atoms with Crippen LogP contribution in [0.4, 0.5) is 0 Å². The standard InChI is InChI=1S/C22H25N5O2/c1-29-22-18-9-7-17(21(28)24-12-14-27-13-11-23-15-27)8-10-19(18)25-20(26-22)16-5-3-2-4-6-16/h2-6,11,13,15,17H,7-10,12,14H2,1H3,(H,24,28). The number of nitrogens with one attached hydrogen (secondary N) is 1. The molecule has 29 heavy (non-hydrogen) atoms. The van der Waals surface area contributed by atoms with E-state index in [-0.39, 0.29) is 11.8 Å². The van der Waals surface area contributed by atoms with E-state index in [1.807, 2.05) is 41.1 Å². The summed E-state index contributed by atoms with van der Waals surface area (Å²) in [7, 11) is 1.64. The zero-order valence-corrected chi connectivity index (χ0v) is 16.5. The van der Waals surface area contributed by atoms with E-state index < -0.39 is 0 Å². The van der Waals surface area contributed by atoms with Gasteiger partial charge in [0.2, 0.25) is 11.8 Å². The number of amides is 1. The number of carbonyl (C=O) groups excluding carboxylic acids is 1. The first-order valence-corrected chi connectivity index (χ1v) is 9.97. The van der Waals surface area contributed by atoms with E-state index in [9.17, 15) is 4.79 Å². The van der Waals surface area contributed by atoms with Crippen molar-refractivity contribution in [1.82, 2.24) is 24.8 Å². The van der Waals surface area contributed by atoms with Gasteiger partial charge in [-0.1, -0.05) is 30.3 Å². The molecule has 7 heteroatoms. The Hall–Kier alpha value is -3.22. The molecule has 4 rings (SSSR count). The minimum Gasteiger partial charge on any atom is -0.481 e. The van der Waals surface area contributed by atoms with Gasteiger partial charge in [-0.05, 0) is 25.7 Å². The third kappa shape index (κ3) is 4.45. The third-order valence-electron chi connectivity index (χ3n) is 5.35. The van der Waals surface area contributed by atoms with E-state index in [4.69, 9.17) is 9.72 Å². The molecule has 0 saturated carbocycles. The van der Waals surface area contributed by atoms with E-state index in [0.29, 0.717) is 18.2 Å². The molecule has 1 atom stereocenters. The Morgan fingerprint density at radius 3 is 2.79 bits per heavy atom. The molecule has 1 amide bonds. The van der Waals surface area contributed by atoms with Gasteiger partial charge in [-0.3, -0.25) is 4.79 Å². The number of aromatic nitrogens is 4. The number of aryl methyl sites for hydroxylation is 1. The first-order chi connectivity index (χ1) is 14.2. The number of hydrogen-bond acceptors (Lipinski definition) is 5. The van der Waals surface area contributed by atoms with Crippen LogP contribution >= 0.6 is 0 Å². The van der Waals surface area contributed by atoms with Crippen LogP contribution in [0.15, 0.2) is 49.1 Å². The normalized spacial score (nSPS) is 16.0. The summed E-state index contributed by atoms with van der Waals surface area (Å²) >= 11 is 0. The van der Waals surface area contributed by atoms with Gasteiger partial charge in [0.15, 0.2) is 5.82 Å². The molecule has 0 bridgehead atoms. The Morgan fingerprint density at radius 2 is 2.03 bits per heavy atom. The van der Waals surface area contributed by atoms with E-state index in [1.165, 1.54) is 0 Å². The van der Waals surface area contributed by atoms with Gasteiger partial charge in [-0.15, -0.1) is 0 Å². The second kappa shape index (κ2) is 8.86. The van der Waals surface area contributed by atoms with Crippen LogP contribution < -0.4 is 10.1 Å². The molecule has 7 nitrogen and oxygen atoms in total. The maximum Gasteiger partial charge on any atom is 0.223 e. The number of benzene rings is 1. The topological polar surface area (TPSA) is 81.9 Å². The summed E-state index contributed by atoms with van der Waals surface area (Å²) in [6.07, 6.45) is 8.42. The lowest BCUT2D eigenvalue weighted by molar-refractivity contribution is -0.125. The maximum absolute atomic E-state index is 12.7. The van der Waals surface area contributed by atoms with Crippen molar-refractivity contribution >= 4 is 5.91 Å². The molecule has 0 saturated heterocycles. The monoisotopic (exact) mass is 391 g/mol. The molecule has 1 aliphatic rings. The molecular formula is C22H25N5O2. The Bertz CT molecular complexity index is 957. The zero-order chi connectivity index (χ0) is 20.1. The minimum absolute atomic E-state index is 0.0307. The van der Waals surface area contributed by atoms with Crippen LogP contribution in [-0.2, 0) is 24.2 Å². The summed E-state index contributed by atoms with van der Waals surface area (Å²) < 4.78 is 7.53. The van der Waals surface area contributed by atoms with Gasteiger partial charge >= 0.3 is 0 Å². The lowest BCUT2D eigenvalue weighted by Gasteiger charge is -2.14. The molecule has 1 aromatic carbocycles. The number of carbonyl (C=O) groups is 1. The molecule has 0 spiro atoms. The number of nitrogens with zero attached hydrogens (tertiary/aromatic N) is 4. The van der Waals surface area contributed by atoms with Crippen molar-refractivity contribution < 1.29 is 9.53 Å². The Labute approximate surface area is 170 Å². The van der Waals surface area contributed by atoms with Crippen molar-refractivity contribution in [3.05, 3.63) is 60.3 Å². The molecule has 2 heterocycles. The van der Waals surface area contributed by atoms with E-state index in [0.717, 1.165) is 49.0 Å². The van der Waals surface area contributed by atoms with Gasteiger partial charge in [-0.2, -0.15) is 4.98 Å². The molecule has 0 fully saturated rings. The molecular weight excluding hydrogens is 366 g/mol. The molecule has 2 aromatic heterocycles. The van der Waals surface area contributed by atoms with Crippen molar-refractivity contribution in [2.24, 2.45) is 5.92 Å². The van der Waals surface area contributed by atoms with Gasteiger partial charge in [0.25, 0.3) is 0 Å². The van der Waals surface area contributed by atoms with Gasteiger partial charge in [0, 0.05) is 42.5 Å². The first kappa shape index (κ1) is 19.1. The number of ether oxygens (including phenoxy) is 1. The number of methoxy groups -OCH3 is 1. The van der Waals surface area contributed by atoms with Gasteiger partial charge < -0.3 is 14.6 Å². The molecule has 1 unspecified atom stereocenters. The second-order valence-electron chi connectivity index (χ2n) is 7.21. The van der Waals surface area contributed by atoms with Gasteiger partial charge in [-0.25, -0.2) is 9.97 Å². The van der Waals surface area contributed by atoms with Crippen molar-refractivity contribution in [3.63, 3.8) is 0 Å². The zero-order valence-electron chi connectivity index (χ0n) is 16.5. The van der Waals surface area contributed by atoms with Gasteiger partial charge in [0.05, 0.1) is 19.1 Å². The largest absolute Gasteiger partial charge is 0.481 e. The summed E-state index contributed by atoms with van der Waals surface area (Å²) in [4.78, 5) is 26.1. The van der Waals surface area contributed by atoms with Crippen LogP contribution in [0.3, 0.4) is 0 Å². The van der Waals surface area contributed by atoms with E-state index in [1.54, 1.807) is 19.6 Å². The summed E-state index contributed by atoms with van der Waals surface area (Å²) in [5, 5.41) is 3.06. The summed E-state index contributed by atoms with van der Waals surface area (Å²) in [5.41, 5.74) is 2.98. The number of hydrogen-bond donors (Lipinski definition) is 1. The SMILES string of the molecule is COc1nc(-c2ccccc2)nc2c1CCC(C(=O)NCCn1ccnc1)CC2. The highest BCUT2D eigenvalue weighted by Crippen LogP contribution is 2.31. The molecule has 1 N–H and O–H groups in total. The fourth-order valence-electron chi connectivity index (χ4n) is 3.76. The summed E-state index contributed by atoms with van der Waals surface area (Å²) in [5.74, 6) is 1.37. The lowest BCUT2D eigenvalue weighted by Crippen LogP contribution is -2.33. The molecule has 0 aliphatic heterocycles. The number of fused-ring (bicyclic) bond motifs is 1. The molecule has 3 aromatic rings.